The van der Waals surface area contributed by atoms with Crippen molar-refractivity contribution in [3.05, 3.63) is 52.5 Å². The number of likely N-dealkylation sites (tertiary alicyclic amines) is 2. The number of amides is 2. The third-order valence-corrected chi connectivity index (χ3v) is 6.19. The molecule has 136 valence electrons. The second-order valence-corrected chi connectivity index (χ2v) is 7.82. The Hall–Kier alpha value is -2.21. The smallest absolute Gasteiger partial charge is 0.274 e. The fraction of sp³-hybridized carbons (Fsp3) is 0.450. The summed E-state index contributed by atoms with van der Waals surface area (Å²) in [5, 5.41) is 1.77. The summed E-state index contributed by atoms with van der Waals surface area (Å²) >= 11 is 1.41. The molecule has 4 rings (SSSR count). The number of nitrogens with zero attached hydrogens (tertiary/aromatic N) is 3. The Morgan fingerprint density at radius 1 is 1.15 bits per heavy atom. The van der Waals surface area contributed by atoms with Crippen molar-refractivity contribution in [3.63, 3.8) is 0 Å². The van der Waals surface area contributed by atoms with Crippen LogP contribution in [0.1, 0.15) is 41.7 Å². The molecule has 5 nitrogen and oxygen atoms in total. The van der Waals surface area contributed by atoms with Crippen molar-refractivity contribution in [1.29, 1.82) is 0 Å². The lowest BCUT2D eigenvalue weighted by molar-refractivity contribution is -0.145. The highest BCUT2D eigenvalue weighted by Gasteiger charge is 2.52. The predicted octanol–water partition coefficient (Wildman–Crippen LogP) is 2.98. The Labute approximate surface area is 157 Å². The molecule has 1 aromatic carbocycles. The van der Waals surface area contributed by atoms with Gasteiger partial charge in [0.2, 0.25) is 5.91 Å². The number of rotatable bonds is 4. The molecule has 2 aliphatic heterocycles. The quantitative estimate of drug-likeness (QED) is 0.833. The summed E-state index contributed by atoms with van der Waals surface area (Å²) in [5.41, 5.74) is 2.72. The third kappa shape index (κ3) is 3.03. The highest BCUT2D eigenvalue weighted by atomic mass is 32.1. The van der Waals surface area contributed by atoms with Crippen LogP contribution in [0.5, 0.6) is 0 Å². The summed E-state index contributed by atoms with van der Waals surface area (Å²) in [5.74, 6) is 0.0303. The fourth-order valence-electron chi connectivity index (χ4n) is 4.30. The van der Waals surface area contributed by atoms with Crippen LogP contribution >= 0.6 is 11.3 Å². The van der Waals surface area contributed by atoms with Crippen LogP contribution in [0.3, 0.4) is 0 Å². The zero-order valence-corrected chi connectivity index (χ0v) is 15.6. The van der Waals surface area contributed by atoms with E-state index in [2.05, 4.69) is 17.1 Å². The van der Waals surface area contributed by atoms with Crippen molar-refractivity contribution in [1.82, 2.24) is 14.8 Å². The van der Waals surface area contributed by atoms with Crippen molar-refractivity contribution in [2.45, 2.75) is 37.6 Å². The minimum Gasteiger partial charge on any atom is -0.340 e. The standard InChI is InChI=1S/C20H23N3O2S/c24-18(17-14-26-15-21-17)23-12-5-10-20(23)9-4-11-22(19(20)25)13-8-16-6-2-1-3-7-16/h1-3,6-7,14-15H,4-5,8-13H2. The van der Waals surface area contributed by atoms with Gasteiger partial charge in [-0.2, -0.15) is 0 Å². The van der Waals surface area contributed by atoms with Crippen LogP contribution in [-0.2, 0) is 11.2 Å². The van der Waals surface area contributed by atoms with Crippen LogP contribution in [0.2, 0.25) is 0 Å². The molecule has 26 heavy (non-hydrogen) atoms. The summed E-state index contributed by atoms with van der Waals surface area (Å²) in [7, 11) is 0. The largest absolute Gasteiger partial charge is 0.340 e. The van der Waals surface area contributed by atoms with Gasteiger partial charge in [-0.1, -0.05) is 30.3 Å². The lowest BCUT2D eigenvalue weighted by atomic mass is 9.85. The molecular formula is C20H23N3O2S. The molecule has 0 aliphatic carbocycles. The lowest BCUT2D eigenvalue weighted by Gasteiger charge is -2.44. The van der Waals surface area contributed by atoms with Crippen molar-refractivity contribution < 1.29 is 9.59 Å². The first-order valence-electron chi connectivity index (χ1n) is 9.24. The average molecular weight is 369 g/mol. The van der Waals surface area contributed by atoms with Crippen LogP contribution in [0.15, 0.2) is 41.2 Å². The van der Waals surface area contributed by atoms with E-state index in [0.29, 0.717) is 18.8 Å². The molecule has 2 fully saturated rings. The van der Waals surface area contributed by atoms with E-state index in [1.165, 1.54) is 16.9 Å². The predicted molar refractivity (Wildman–Crippen MR) is 101 cm³/mol. The van der Waals surface area contributed by atoms with Gasteiger partial charge < -0.3 is 9.80 Å². The van der Waals surface area contributed by atoms with Crippen LogP contribution in [-0.4, -0.2) is 51.8 Å². The number of aromatic nitrogens is 1. The first kappa shape index (κ1) is 17.2. The number of hydrogen-bond donors (Lipinski definition) is 0. The highest BCUT2D eigenvalue weighted by Crippen LogP contribution is 2.39. The molecule has 1 aromatic heterocycles. The Balaban J connectivity index is 1.51. The summed E-state index contributed by atoms with van der Waals surface area (Å²) in [4.78, 5) is 34.2. The molecule has 1 atom stereocenters. The maximum Gasteiger partial charge on any atom is 0.274 e. The normalized spacial score (nSPS) is 23.0. The van der Waals surface area contributed by atoms with Crippen molar-refractivity contribution in [2.24, 2.45) is 0 Å². The van der Waals surface area contributed by atoms with E-state index < -0.39 is 5.54 Å². The van der Waals surface area contributed by atoms with Gasteiger partial charge in [-0.15, -0.1) is 11.3 Å². The van der Waals surface area contributed by atoms with E-state index >= 15 is 0 Å². The number of piperidine rings is 1. The molecule has 2 amide bonds. The van der Waals surface area contributed by atoms with Gasteiger partial charge >= 0.3 is 0 Å². The maximum absolute atomic E-state index is 13.4. The molecule has 2 saturated heterocycles. The topological polar surface area (TPSA) is 53.5 Å². The minimum absolute atomic E-state index is 0.0954. The number of carbonyl (C=O) groups excluding carboxylic acids is 2. The van der Waals surface area contributed by atoms with Gasteiger partial charge in [0, 0.05) is 25.0 Å². The van der Waals surface area contributed by atoms with Crippen LogP contribution in [0, 0.1) is 0 Å². The minimum atomic E-state index is -0.657. The molecule has 0 saturated carbocycles. The first-order valence-corrected chi connectivity index (χ1v) is 10.2. The zero-order valence-electron chi connectivity index (χ0n) is 14.8. The molecule has 1 spiro atoms. The second kappa shape index (κ2) is 7.19. The van der Waals surface area contributed by atoms with Crippen molar-refractivity contribution in [2.75, 3.05) is 19.6 Å². The Morgan fingerprint density at radius 3 is 2.65 bits per heavy atom. The van der Waals surface area contributed by atoms with Gasteiger partial charge in [0.05, 0.1) is 5.51 Å². The molecule has 1 unspecified atom stereocenters. The fourth-order valence-corrected chi connectivity index (χ4v) is 4.83. The van der Waals surface area contributed by atoms with Gasteiger partial charge in [0.25, 0.3) is 5.91 Å². The van der Waals surface area contributed by atoms with Crippen LogP contribution < -0.4 is 0 Å². The summed E-state index contributed by atoms with van der Waals surface area (Å²) in [6, 6.07) is 10.3. The van der Waals surface area contributed by atoms with Gasteiger partial charge in [0.1, 0.15) is 11.2 Å². The summed E-state index contributed by atoms with van der Waals surface area (Å²) < 4.78 is 0. The Kier molecular flexibility index (Phi) is 4.76. The number of hydrogen-bond acceptors (Lipinski definition) is 4. The van der Waals surface area contributed by atoms with Crippen LogP contribution in [0.4, 0.5) is 0 Å². The Morgan fingerprint density at radius 2 is 1.92 bits per heavy atom. The molecule has 2 aliphatic rings. The van der Waals surface area contributed by atoms with Gasteiger partial charge in [0.15, 0.2) is 0 Å². The molecule has 0 bridgehead atoms. The van der Waals surface area contributed by atoms with E-state index in [4.69, 9.17) is 0 Å². The van der Waals surface area contributed by atoms with E-state index in [-0.39, 0.29) is 11.8 Å². The number of benzene rings is 1. The van der Waals surface area contributed by atoms with E-state index in [1.54, 1.807) is 15.8 Å². The van der Waals surface area contributed by atoms with Crippen LogP contribution in [0.25, 0.3) is 0 Å². The maximum atomic E-state index is 13.4. The molecule has 2 aromatic rings. The highest BCUT2D eigenvalue weighted by molar-refractivity contribution is 7.07. The van der Waals surface area contributed by atoms with Crippen molar-refractivity contribution in [3.8, 4) is 0 Å². The SMILES string of the molecule is O=C(c1cscn1)N1CCCC12CCCN(CCc1ccccc1)C2=O. The van der Waals surface area contributed by atoms with Gasteiger partial charge in [-0.25, -0.2) is 4.98 Å². The Bertz CT molecular complexity index is 778. The second-order valence-electron chi connectivity index (χ2n) is 7.10. The van der Waals surface area contributed by atoms with Gasteiger partial charge in [-0.05, 0) is 37.7 Å². The van der Waals surface area contributed by atoms with Crippen molar-refractivity contribution >= 4 is 23.2 Å². The number of carbonyl (C=O) groups is 2. The lowest BCUT2D eigenvalue weighted by Crippen LogP contribution is -2.61. The summed E-state index contributed by atoms with van der Waals surface area (Å²) in [6.07, 6.45) is 4.21. The first-order chi connectivity index (χ1) is 12.7. The van der Waals surface area contributed by atoms with E-state index in [9.17, 15) is 9.59 Å². The molecule has 3 heterocycles. The molecule has 6 heteroatoms. The average Bonchev–Trinajstić information content (AvgIpc) is 3.34. The summed E-state index contributed by atoms with van der Waals surface area (Å²) in [6.45, 7) is 2.14. The zero-order chi connectivity index (χ0) is 18.0. The third-order valence-electron chi connectivity index (χ3n) is 5.60. The molecule has 0 radical (unpaired) electrons. The van der Waals surface area contributed by atoms with Gasteiger partial charge in [-0.3, -0.25) is 9.59 Å². The van der Waals surface area contributed by atoms with E-state index in [0.717, 1.165) is 38.6 Å². The molecular weight excluding hydrogens is 346 g/mol. The number of thiazole rings is 1. The monoisotopic (exact) mass is 369 g/mol. The molecule has 0 N–H and O–H groups in total. The van der Waals surface area contributed by atoms with E-state index in [1.807, 2.05) is 23.1 Å².